The standard InChI is InChI=1S/C16H14N2O3/c1-18-10(7-8-14(18)16(20)21-2)9-12-11-5-3-4-6-13(11)17-15(12)19/h3-9H,1-2H3,(H,17,19)/b12-9-. The fourth-order valence-electron chi connectivity index (χ4n) is 2.41. The Kier molecular flexibility index (Phi) is 3.10. The van der Waals surface area contributed by atoms with E-state index < -0.39 is 5.97 Å². The fraction of sp³-hybridized carbons (Fsp3) is 0.125. The van der Waals surface area contributed by atoms with Gasteiger partial charge in [-0.1, -0.05) is 18.2 Å². The first-order chi connectivity index (χ1) is 10.1. The number of nitrogens with zero attached hydrogens (tertiary/aromatic N) is 1. The molecule has 1 aromatic carbocycles. The molecule has 21 heavy (non-hydrogen) atoms. The Morgan fingerprint density at radius 1 is 1.24 bits per heavy atom. The second-order valence-corrected chi connectivity index (χ2v) is 4.75. The summed E-state index contributed by atoms with van der Waals surface area (Å²) >= 11 is 0. The molecule has 1 aromatic heterocycles. The minimum atomic E-state index is -0.404. The molecular formula is C16H14N2O3. The van der Waals surface area contributed by atoms with Gasteiger partial charge in [0.15, 0.2) is 0 Å². The predicted octanol–water partition coefficient (Wildman–Crippen LogP) is 2.30. The second-order valence-electron chi connectivity index (χ2n) is 4.75. The van der Waals surface area contributed by atoms with Gasteiger partial charge in [-0.25, -0.2) is 4.79 Å². The quantitative estimate of drug-likeness (QED) is 0.679. The zero-order valence-corrected chi connectivity index (χ0v) is 11.7. The van der Waals surface area contributed by atoms with Crippen LogP contribution < -0.4 is 5.32 Å². The van der Waals surface area contributed by atoms with Crippen LogP contribution in [0.4, 0.5) is 5.69 Å². The molecule has 1 aliphatic rings. The van der Waals surface area contributed by atoms with E-state index in [1.54, 1.807) is 29.8 Å². The highest BCUT2D eigenvalue weighted by atomic mass is 16.5. The average molecular weight is 282 g/mol. The number of para-hydroxylation sites is 1. The number of esters is 1. The summed E-state index contributed by atoms with van der Waals surface area (Å²) < 4.78 is 6.42. The molecule has 2 aromatic rings. The summed E-state index contributed by atoms with van der Waals surface area (Å²) in [6, 6.07) is 11.0. The fourth-order valence-corrected chi connectivity index (χ4v) is 2.41. The number of methoxy groups -OCH3 is 1. The number of rotatable bonds is 2. The highest BCUT2D eigenvalue weighted by Crippen LogP contribution is 2.32. The van der Waals surface area contributed by atoms with Gasteiger partial charge in [0.05, 0.1) is 12.7 Å². The molecule has 1 aliphatic heterocycles. The molecule has 0 saturated heterocycles. The Morgan fingerprint density at radius 3 is 2.76 bits per heavy atom. The van der Waals surface area contributed by atoms with Crippen molar-refractivity contribution in [2.45, 2.75) is 0 Å². The lowest BCUT2D eigenvalue weighted by Gasteiger charge is -2.04. The first-order valence-electron chi connectivity index (χ1n) is 6.48. The molecule has 106 valence electrons. The van der Waals surface area contributed by atoms with E-state index in [-0.39, 0.29) is 5.91 Å². The summed E-state index contributed by atoms with van der Waals surface area (Å²) in [5.74, 6) is -0.546. The maximum atomic E-state index is 12.1. The molecule has 0 bridgehead atoms. The van der Waals surface area contributed by atoms with E-state index in [9.17, 15) is 9.59 Å². The summed E-state index contributed by atoms with van der Waals surface area (Å²) in [6.45, 7) is 0. The van der Waals surface area contributed by atoms with E-state index in [1.165, 1.54) is 7.11 Å². The molecule has 2 heterocycles. The smallest absolute Gasteiger partial charge is 0.354 e. The van der Waals surface area contributed by atoms with Gasteiger partial charge in [0, 0.05) is 24.0 Å². The monoisotopic (exact) mass is 282 g/mol. The summed E-state index contributed by atoms with van der Waals surface area (Å²) in [4.78, 5) is 23.7. The zero-order valence-electron chi connectivity index (χ0n) is 11.7. The number of hydrogen-bond acceptors (Lipinski definition) is 3. The highest BCUT2D eigenvalue weighted by molar-refractivity contribution is 6.34. The van der Waals surface area contributed by atoms with Crippen molar-refractivity contribution >= 4 is 29.2 Å². The van der Waals surface area contributed by atoms with E-state index >= 15 is 0 Å². The van der Waals surface area contributed by atoms with Gasteiger partial charge in [-0.3, -0.25) is 4.79 Å². The highest BCUT2D eigenvalue weighted by Gasteiger charge is 2.24. The number of nitrogens with one attached hydrogen (secondary N) is 1. The van der Waals surface area contributed by atoms with E-state index in [4.69, 9.17) is 4.74 Å². The van der Waals surface area contributed by atoms with Gasteiger partial charge >= 0.3 is 5.97 Å². The van der Waals surface area contributed by atoms with Crippen LogP contribution in [0.5, 0.6) is 0 Å². The third-order valence-electron chi connectivity index (χ3n) is 3.56. The molecule has 0 saturated carbocycles. The van der Waals surface area contributed by atoms with Crippen molar-refractivity contribution in [3.63, 3.8) is 0 Å². The maximum Gasteiger partial charge on any atom is 0.354 e. The lowest BCUT2D eigenvalue weighted by Crippen LogP contribution is -2.08. The first kappa shape index (κ1) is 13.2. The van der Waals surface area contributed by atoms with Gasteiger partial charge in [0.1, 0.15) is 5.69 Å². The van der Waals surface area contributed by atoms with Crippen LogP contribution in [0.3, 0.4) is 0 Å². The van der Waals surface area contributed by atoms with Gasteiger partial charge in [-0.15, -0.1) is 0 Å². The normalized spacial score (nSPS) is 15.0. The van der Waals surface area contributed by atoms with Gasteiger partial charge in [-0.05, 0) is 24.3 Å². The molecule has 5 nitrogen and oxygen atoms in total. The van der Waals surface area contributed by atoms with Gasteiger partial charge in [0.2, 0.25) is 0 Å². The Morgan fingerprint density at radius 2 is 2.00 bits per heavy atom. The van der Waals surface area contributed by atoms with Crippen LogP contribution in [-0.2, 0) is 16.6 Å². The molecule has 1 N–H and O–H groups in total. The molecule has 3 rings (SSSR count). The number of amides is 1. The number of benzene rings is 1. The minimum absolute atomic E-state index is 0.142. The molecule has 0 unspecified atom stereocenters. The summed E-state index contributed by atoms with van der Waals surface area (Å²) in [6.07, 6.45) is 1.77. The Hall–Kier alpha value is -2.82. The number of anilines is 1. The molecule has 0 radical (unpaired) electrons. The van der Waals surface area contributed by atoms with E-state index in [1.807, 2.05) is 24.3 Å². The van der Waals surface area contributed by atoms with Crippen LogP contribution in [0.1, 0.15) is 21.7 Å². The Labute approximate surface area is 121 Å². The van der Waals surface area contributed by atoms with Crippen LogP contribution in [0.2, 0.25) is 0 Å². The lowest BCUT2D eigenvalue weighted by atomic mass is 10.1. The predicted molar refractivity (Wildman–Crippen MR) is 79.7 cm³/mol. The van der Waals surface area contributed by atoms with Crippen molar-refractivity contribution in [3.8, 4) is 0 Å². The Bertz CT molecular complexity index is 772. The Balaban J connectivity index is 2.05. The molecule has 0 atom stereocenters. The number of hydrogen-bond donors (Lipinski definition) is 1. The number of ether oxygens (including phenoxy) is 1. The van der Waals surface area contributed by atoms with E-state index in [0.717, 1.165) is 16.9 Å². The van der Waals surface area contributed by atoms with E-state index in [0.29, 0.717) is 11.3 Å². The minimum Gasteiger partial charge on any atom is -0.464 e. The van der Waals surface area contributed by atoms with Crippen molar-refractivity contribution in [1.82, 2.24) is 4.57 Å². The van der Waals surface area contributed by atoms with Crippen LogP contribution in [0, 0.1) is 0 Å². The van der Waals surface area contributed by atoms with Crippen LogP contribution in [0.25, 0.3) is 11.6 Å². The summed E-state index contributed by atoms with van der Waals surface area (Å²) in [7, 11) is 3.10. The van der Waals surface area contributed by atoms with Gasteiger partial charge < -0.3 is 14.6 Å². The van der Waals surface area contributed by atoms with Crippen molar-refractivity contribution in [2.75, 3.05) is 12.4 Å². The van der Waals surface area contributed by atoms with Gasteiger partial charge in [0.25, 0.3) is 5.91 Å². The van der Waals surface area contributed by atoms with Crippen molar-refractivity contribution in [1.29, 1.82) is 0 Å². The second kappa shape index (κ2) is 4.94. The zero-order chi connectivity index (χ0) is 15.0. The topological polar surface area (TPSA) is 60.3 Å². The van der Waals surface area contributed by atoms with Crippen LogP contribution in [0.15, 0.2) is 36.4 Å². The third kappa shape index (κ3) is 2.12. The lowest BCUT2D eigenvalue weighted by molar-refractivity contribution is -0.110. The molecule has 1 amide bonds. The molecule has 5 heteroatoms. The number of fused-ring (bicyclic) bond motifs is 1. The molecule has 0 spiro atoms. The SMILES string of the molecule is COC(=O)c1ccc(/C=C2\C(=O)Nc3ccccc32)n1C. The number of aromatic nitrogens is 1. The number of carbonyl (C=O) groups is 2. The van der Waals surface area contributed by atoms with Crippen molar-refractivity contribution in [2.24, 2.45) is 7.05 Å². The van der Waals surface area contributed by atoms with Crippen LogP contribution >= 0.6 is 0 Å². The average Bonchev–Trinajstić information content (AvgIpc) is 3.00. The summed E-state index contributed by atoms with van der Waals surface area (Å²) in [5.41, 5.74) is 3.45. The molecular weight excluding hydrogens is 268 g/mol. The first-order valence-corrected chi connectivity index (χ1v) is 6.48. The van der Waals surface area contributed by atoms with Crippen molar-refractivity contribution < 1.29 is 14.3 Å². The van der Waals surface area contributed by atoms with Gasteiger partial charge in [-0.2, -0.15) is 0 Å². The largest absolute Gasteiger partial charge is 0.464 e. The molecule has 0 aliphatic carbocycles. The van der Waals surface area contributed by atoms with E-state index in [2.05, 4.69) is 5.32 Å². The maximum absolute atomic E-state index is 12.1. The third-order valence-corrected chi connectivity index (χ3v) is 3.56. The summed E-state index contributed by atoms with van der Waals surface area (Å²) in [5, 5.41) is 2.82. The van der Waals surface area contributed by atoms with Crippen LogP contribution in [-0.4, -0.2) is 23.6 Å². The molecule has 0 fully saturated rings. The van der Waals surface area contributed by atoms with Crippen molar-refractivity contribution in [3.05, 3.63) is 53.3 Å². The number of carbonyl (C=O) groups excluding carboxylic acids is 2.